The summed E-state index contributed by atoms with van der Waals surface area (Å²) in [5.41, 5.74) is 9.18. The number of halogens is 1. The van der Waals surface area contributed by atoms with Crippen molar-refractivity contribution in [1.29, 1.82) is 0 Å². The zero-order valence-corrected chi connectivity index (χ0v) is 22.0. The van der Waals surface area contributed by atoms with Crippen molar-refractivity contribution in [3.05, 3.63) is 78.6 Å². The number of nitrogens with zero attached hydrogens (tertiary/aromatic N) is 4. The van der Waals surface area contributed by atoms with Gasteiger partial charge in [-0.3, -0.25) is 9.78 Å². The molecular weight excluding hydrogens is 515 g/mol. The first-order valence-corrected chi connectivity index (χ1v) is 12.7. The molecule has 2 atom stereocenters. The van der Waals surface area contributed by atoms with E-state index in [4.69, 9.17) is 15.2 Å². The highest BCUT2D eigenvalue weighted by Crippen LogP contribution is 2.38. The fourth-order valence-electron chi connectivity index (χ4n) is 4.93. The second-order valence-electron chi connectivity index (χ2n) is 9.33. The first kappa shape index (κ1) is 27.0. The number of ether oxygens (including phenoxy) is 2. The van der Waals surface area contributed by atoms with Gasteiger partial charge in [-0.25, -0.2) is 14.4 Å². The summed E-state index contributed by atoms with van der Waals surface area (Å²) in [6, 6.07) is 12.9. The van der Waals surface area contributed by atoms with E-state index in [1.807, 2.05) is 23.1 Å². The van der Waals surface area contributed by atoms with Gasteiger partial charge >= 0.3 is 0 Å². The van der Waals surface area contributed by atoms with E-state index in [0.717, 1.165) is 11.1 Å². The van der Waals surface area contributed by atoms with Crippen LogP contribution in [0.3, 0.4) is 0 Å². The molecule has 0 bridgehead atoms. The van der Waals surface area contributed by atoms with Crippen molar-refractivity contribution in [2.45, 2.75) is 18.5 Å². The number of aliphatic hydroxyl groups is 1. The Kier molecular flexibility index (Phi) is 7.85. The number of carbonyl (C=O) groups is 1. The average molecular weight is 545 g/mol. The van der Waals surface area contributed by atoms with Crippen LogP contribution in [-0.4, -0.2) is 65.4 Å². The first-order valence-electron chi connectivity index (χ1n) is 12.7. The summed E-state index contributed by atoms with van der Waals surface area (Å²) in [7, 11) is 3.00. The molecule has 3 heterocycles. The van der Waals surface area contributed by atoms with Crippen LogP contribution in [0.15, 0.2) is 67.1 Å². The highest BCUT2D eigenvalue weighted by atomic mass is 19.1. The quantitative estimate of drug-likeness (QED) is 0.304. The predicted octanol–water partition coefficient (Wildman–Crippen LogP) is 3.51. The van der Waals surface area contributed by atoms with Crippen molar-refractivity contribution in [2.75, 3.05) is 37.6 Å². The van der Waals surface area contributed by atoms with Crippen molar-refractivity contribution < 1.29 is 23.8 Å². The van der Waals surface area contributed by atoms with E-state index >= 15 is 0 Å². The smallest absolute Gasteiger partial charge is 0.274 e. The molecule has 0 aliphatic carbocycles. The number of nitrogens with one attached hydrogen (secondary N) is 1. The van der Waals surface area contributed by atoms with E-state index in [1.54, 1.807) is 31.6 Å². The Bertz CT molecular complexity index is 1530. The number of hydrogen-bond donors (Lipinski definition) is 3. The molecule has 11 heteroatoms. The zero-order valence-electron chi connectivity index (χ0n) is 22.0. The normalized spacial score (nSPS) is 16.6. The Hall–Kier alpha value is -4.61. The Morgan fingerprint density at radius 1 is 1.15 bits per heavy atom. The van der Waals surface area contributed by atoms with E-state index in [0.29, 0.717) is 30.1 Å². The minimum atomic E-state index is -0.568. The van der Waals surface area contributed by atoms with E-state index in [2.05, 4.69) is 20.3 Å². The third-order valence-corrected chi connectivity index (χ3v) is 6.84. The Morgan fingerprint density at radius 3 is 2.75 bits per heavy atom. The second kappa shape index (κ2) is 11.6. The van der Waals surface area contributed by atoms with Crippen molar-refractivity contribution in [2.24, 2.45) is 5.73 Å². The second-order valence-corrected chi connectivity index (χ2v) is 9.33. The van der Waals surface area contributed by atoms with Gasteiger partial charge in [0.2, 0.25) is 0 Å². The molecule has 1 aliphatic rings. The number of amides is 1. The van der Waals surface area contributed by atoms with Crippen LogP contribution in [0.1, 0.15) is 16.9 Å². The van der Waals surface area contributed by atoms with Crippen LogP contribution >= 0.6 is 0 Å². The molecule has 1 fully saturated rings. The minimum absolute atomic E-state index is 0.0221. The fourth-order valence-corrected chi connectivity index (χ4v) is 4.93. The van der Waals surface area contributed by atoms with Gasteiger partial charge in [-0.15, -0.1) is 0 Å². The molecule has 4 N–H and O–H groups in total. The predicted molar refractivity (Wildman–Crippen MR) is 149 cm³/mol. The number of hydrogen-bond acceptors (Lipinski definition) is 9. The molecule has 206 valence electrons. The summed E-state index contributed by atoms with van der Waals surface area (Å²) in [6.45, 7) is 0.402. The van der Waals surface area contributed by atoms with Crippen LogP contribution in [0.4, 0.5) is 15.8 Å². The number of aliphatic hydroxyl groups excluding tert-OH is 1. The summed E-state index contributed by atoms with van der Waals surface area (Å²) in [5.74, 6) is -0.212. The Balaban J connectivity index is 1.53. The lowest BCUT2D eigenvalue weighted by molar-refractivity contribution is 0.102. The molecule has 10 nitrogen and oxygen atoms in total. The van der Waals surface area contributed by atoms with Crippen molar-refractivity contribution >= 4 is 17.3 Å². The van der Waals surface area contributed by atoms with Crippen LogP contribution in [0, 0.1) is 5.82 Å². The van der Waals surface area contributed by atoms with Crippen molar-refractivity contribution in [1.82, 2.24) is 15.0 Å². The van der Waals surface area contributed by atoms with Crippen molar-refractivity contribution in [3.8, 4) is 34.0 Å². The van der Waals surface area contributed by atoms with Gasteiger partial charge in [-0.1, -0.05) is 12.1 Å². The summed E-state index contributed by atoms with van der Waals surface area (Å²) in [5, 5.41) is 13.0. The fraction of sp³-hybridized carbons (Fsp3) is 0.241. The molecule has 40 heavy (non-hydrogen) atoms. The maximum atomic E-state index is 14.7. The van der Waals surface area contributed by atoms with E-state index in [9.17, 15) is 14.3 Å². The van der Waals surface area contributed by atoms with Gasteiger partial charge in [0.05, 0.1) is 50.0 Å². The molecule has 0 saturated carbocycles. The molecule has 1 aliphatic heterocycles. The molecule has 5 rings (SSSR count). The van der Waals surface area contributed by atoms with Crippen LogP contribution in [0.2, 0.25) is 0 Å². The average Bonchev–Trinajstić information content (AvgIpc) is 3.37. The molecule has 1 amide bonds. The summed E-state index contributed by atoms with van der Waals surface area (Å²) in [4.78, 5) is 28.0. The largest absolute Gasteiger partial charge is 0.496 e. The number of carbonyl (C=O) groups excluding carboxylic acids is 1. The SMILES string of the molecule is COc1cnccc1-c1ccc(NC(=O)c2ccnc(-c3c(F)cccc3OC)n2)c(N2C[C@@H](N)C[C@H]2CO)c1. The Morgan fingerprint density at radius 2 is 1.98 bits per heavy atom. The van der Waals surface area contributed by atoms with Crippen LogP contribution in [0.5, 0.6) is 11.5 Å². The van der Waals surface area contributed by atoms with Gasteiger partial charge in [0.1, 0.15) is 23.0 Å². The highest BCUT2D eigenvalue weighted by Gasteiger charge is 2.32. The third kappa shape index (κ3) is 5.29. The van der Waals surface area contributed by atoms with Crippen LogP contribution in [-0.2, 0) is 0 Å². The topological polar surface area (TPSA) is 136 Å². The number of rotatable bonds is 8. The van der Waals surface area contributed by atoms with Gasteiger partial charge in [0.15, 0.2) is 5.82 Å². The van der Waals surface area contributed by atoms with E-state index in [-0.39, 0.29) is 41.5 Å². The maximum absolute atomic E-state index is 14.7. The molecule has 1 saturated heterocycles. The summed E-state index contributed by atoms with van der Waals surface area (Å²) in [6.07, 6.45) is 5.30. The lowest BCUT2D eigenvalue weighted by Crippen LogP contribution is -2.33. The maximum Gasteiger partial charge on any atom is 0.274 e. The molecule has 0 unspecified atom stereocenters. The number of pyridine rings is 1. The lowest BCUT2D eigenvalue weighted by atomic mass is 10.0. The molecule has 0 spiro atoms. The zero-order chi connectivity index (χ0) is 28.2. The highest BCUT2D eigenvalue weighted by molar-refractivity contribution is 6.05. The standard InChI is InChI=1S/C29H29FN6O4/c1-39-25-5-3-4-21(30)27(25)28-33-11-9-23(34-28)29(38)35-22-7-6-17(20-8-10-32-14-26(20)40-2)12-24(22)36-15-18(31)13-19(36)16-37/h3-12,14,18-19,37H,13,15-16,31H2,1-2H3,(H,35,38)/t18-,19-/m0/s1. The van der Waals surface area contributed by atoms with Crippen LogP contribution in [0.25, 0.3) is 22.5 Å². The number of aromatic nitrogens is 3. The number of benzene rings is 2. The molecular formula is C29H29FN6O4. The van der Waals surface area contributed by atoms with E-state index in [1.165, 1.54) is 31.5 Å². The summed E-state index contributed by atoms with van der Waals surface area (Å²) >= 11 is 0. The van der Waals surface area contributed by atoms with E-state index < -0.39 is 11.7 Å². The van der Waals surface area contributed by atoms with Crippen LogP contribution < -0.4 is 25.4 Å². The minimum Gasteiger partial charge on any atom is -0.496 e. The van der Waals surface area contributed by atoms with Gasteiger partial charge in [-0.2, -0.15) is 0 Å². The number of anilines is 2. The first-order chi connectivity index (χ1) is 19.4. The lowest BCUT2D eigenvalue weighted by Gasteiger charge is -2.28. The van der Waals surface area contributed by atoms with Gasteiger partial charge in [-0.05, 0) is 48.4 Å². The Labute approximate surface area is 230 Å². The van der Waals surface area contributed by atoms with Gasteiger partial charge in [0, 0.05) is 30.5 Å². The number of methoxy groups -OCH3 is 2. The molecule has 2 aromatic heterocycles. The van der Waals surface area contributed by atoms with Gasteiger partial charge in [0.25, 0.3) is 5.91 Å². The third-order valence-electron chi connectivity index (χ3n) is 6.84. The molecule has 2 aromatic carbocycles. The number of nitrogens with two attached hydrogens (primary N) is 1. The monoisotopic (exact) mass is 544 g/mol. The summed E-state index contributed by atoms with van der Waals surface area (Å²) < 4.78 is 25.4. The molecule has 4 aromatic rings. The van der Waals surface area contributed by atoms with Crippen molar-refractivity contribution in [3.63, 3.8) is 0 Å². The van der Waals surface area contributed by atoms with Gasteiger partial charge < -0.3 is 30.5 Å². The molecule has 0 radical (unpaired) electrons.